The zero-order valence-electron chi connectivity index (χ0n) is 16.6. The summed E-state index contributed by atoms with van der Waals surface area (Å²) < 4.78 is 40.4. The van der Waals surface area contributed by atoms with Crippen LogP contribution in [0.1, 0.15) is 11.1 Å². The fourth-order valence-electron chi connectivity index (χ4n) is 3.12. The van der Waals surface area contributed by atoms with Crippen LogP contribution in [0.25, 0.3) is 22.5 Å². The van der Waals surface area contributed by atoms with Gasteiger partial charge in [0.15, 0.2) is 0 Å². The van der Waals surface area contributed by atoms with E-state index in [0.29, 0.717) is 11.1 Å². The van der Waals surface area contributed by atoms with Gasteiger partial charge in [-0.05, 0) is 24.0 Å². The van der Waals surface area contributed by atoms with Crippen LogP contribution in [0, 0.1) is 6.92 Å². The van der Waals surface area contributed by atoms with Crippen molar-refractivity contribution in [3.63, 3.8) is 0 Å². The van der Waals surface area contributed by atoms with Gasteiger partial charge in [-0.25, -0.2) is 9.97 Å². The summed E-state index contributed by atoms with van der Waals surface area (Å²) >= 11 is 0. The van der Waals surface area contributed by atoms with Gasteiger partial charge in [-0.3, -0.25) is 4.79 Å². The molecule has 0 aliphatic heterocycles. The van der Waals surface area contributed by atoms with Gasteiger partial charge in [-0.2, -0.15) is 13.2 Å². The molecule has 7 N–H and O–H groups in total. The number of carbonyl (C=O) groups excluding carboxylic acids is 1. The molecule has 0 saturated heterocycles. The molecular formula is C20H18BF3N4O4. The van der Waals surface area contributed by atoms with Crippen molar-refractivity contribution >= 4 is 24.3 Å². The van der Waals surface area contributed by atoms with Gasteiger partial charge in [-0.15, -0.1) is 0 Å². The summed E-state index contributed by atoms with van der Waals surface area (Å²) in [6.45, 7) is 1.60. The third-order valence-electron chi connectivity index (χ3n) is 4.98. The van der Waals surface area contributed by atoms with E-state index < -0.39 is 30.4 Å². The molecule has 12 heteroatoms. The zero-order valence-corrected chi connectivity index (χ0v) is 16.6. The Labute approximate surface area is 180 Å². The van der Waals surface area contributed by atoms with E-state index in [-0.39, 0.29) is 28.2 Å². The second-order valence-electron chi connectivity index (χ2n) is 7.09. The minimum Gasteiger partial charge on any atom is -0.423 e. The van der Waals surface area contributed by atoms with Crippen molar-refractivity contribution in [3.8, 4) is 22.5 Å². The number of benzene rings is 2. The lowest BCUT2D eigenvalue weighted by atomic mass is 9.80. The number of aromatic nitrogens is 2. The lowest BCUT2D eigenvalue weighted by molar-refractivity contribution is -0.255. The molecular weight excluding hydrogens is 428 g/mol. The van der Waals surface area contributed by atoms with E-state index in [9.17, 15) is 33.1 Å². The van der Waals surface area contributed by atoms with E-state index in [4.69, 9.17) is 11.5 Å². The molecule has 1 unspecified atom stereocenters. The number of hydrogen-bond donors (Lipinski definition) is 5. The summed E-state index contributed by atoms with van der Waals surface area (Å²) in [5.74, 6) is -1.93. The third-order valence-corrected chi connectivity index (χ3v) is 4.98. The van der Waals surface area contributed by atoms with Gasteiger partial charge in [0.2, 0.25) is 0 Å². The maximum Gasteiger partial charge on any atom is 0.488 e. The standard InChI is InChI=1S/C20H18BF3N4O4/c1-10-2-5-12(19(30,18(26)29)20(22,23)24)8-14(10)15-9-27-17(25)16(28-15)11-3-6-13(7-4-11)21(31)32/h2-9,30-32H,1H3,(H2,25,27)(H2,26,29). The molecule has 166 valence electrons. The monoisotopic (exact) mass is 446 g/mol. The molecule has 1 heterocycles. The Morgan fingerprint density at radius 2 is 1.72 bits per heavy atom. The Balaban J connectivity index is 2.14. The topological polar surface area (TPSA) is 156 Å². The number of alkyl halides is 3. The molecule has 0 radical (unpaired) electrons. The fraction of sp³-hybridized carbons (Fsp3) is 0.150. The van der Waals surface area contributed by atoms with Crippen LogP contribution < -0.4 is 16.9 Å². The average Bonchev–Trinajstić information content (AvgIpc) is 2.73. The largest absolute Gasteiger partial charge is 0.488 e. The van der Waals surface area contributed by atoms with Crippen molar-refractivity contribution in [3.05, 3.63) is 59.8 Å². The molecule has 8 nitrogen and oxygen atoms in total. The summed E-state index contributed by atoms with van der Waals surface area (Å²) in [4.78, 5) is 20.0. The lowest BCUT2D eigenvalue weighted by Crippen LogP contribution is -2.52. The van der Waals surface area contributed by atoms with Crippen LogP contribution in [0.5, 0.6) is 0 Å². The minimum absolute atomic E-state index is 0.0313. The number of nitrogens with two attached hydrogens (primary N) is 2. The first-order valence-electron chi connectivity index (χ1n) is 9.15. The Morgan fingerprint density at radius 1 is 1.09 bits per heavy atom. The van der Waals surface area contributed by atoms with Gasteiger partial charge in [0.05, 0.1) is 11.9 Å². The molecule has 0 spiro atoms. The number of amides is 1. The summed E-state index contributed by atoms with van der Waals surface area (Å²) in [6, 6.07) is 9.16. The third kappa shape index (κ3) is 4.03. The van der Waals surface area contributed by atoms with Crippen molar-refractivity contribution in [2.24, 2.45) is 5.73 Å². The second-order valence-corrected chi connectivity index (χ2v) is 7.09. The highest BCUT2D eigenvalue weighted by molar-refractivity contribution is 6.58. The molecule has 0 bridgehead atoms. The highest BCUT2D eigenvalue weighted by atomic mass is 19.4. The van der Waals surface area contributed by atoms with Crippen molar-refractivity contribution in [1.82, 2.24) is 9.97 Å². The molecule has 1 atom stereocenters. The predicted octanol–water partition coefficient (Wildman–Crippen LogP) is 0.616. The lowest BCUT2D eigenvalue weighted by Gasteiger charge is -2.28. The summed E-state index contributed by atoms with van der Waals surface area (Å²) in [7, 11) is -1.66. The smallest absolute Gasteiger partial charge is 0.423 e. The summed E-state index contributed by atoms with van der Waals surface area (Å²) in [5, 5.41) is 28.6. The van der Waals surface area contributed by atoms with E-state index in [1.54, 1.807) is 6.92 Å². The molecule has 32 heavy (non-hydrogen) atoms. The van der Waals surface area contributed by atoms with Crippen molar-refractivity contribution < 1.29 is 33.1 Å². The number of anilines is 1. The van der Waals surface area contributed by atoms with Gasteiger partial charge in [0, 0.05) is 16.7 Å². The first kappa shape index (κ1) is 23.2. The van der Waals surface area contributed by atoms with Crippen LogP contribution in [-0.2, 0) is 10.4 Å². The number of aliphatic hydroxyl groups is 1. The van der Waals surface area contributed by atoms with Crippen molar-refractivity contribution in [1.29, 1.82) is 0 Å². The maximum atomic E-state index is 13.5. The zero-order chi connectivity index (χ0) is 23.8. The molecule has 0 fully saturated rings. The van der Waals surface area contributed by atoms with E-state index in [2.05, 4.69) is 9.97 Å². The van der Waals surface area contributed by atoms with E-state index in [1.165, 1.54) is 36.5 Å². The molecule has 3 rings (SSSR count). The first-order valence-corrected chi connectivity index (χ1v) is 9.15. The van der Waals surface area contributed by atoms with Gasteiger partial charge >= 0.3 is 13.3 Å². The van der Waals surface area contributed by atoms with Crippen LogP contribution in [0.3, 0.4) is 0 Å². The summed E-state index contributed by atoms with van der Waals surface area (Å²) in [5.41, 5.74) is 7.84. The van der Waals surface area contributed by atoms with Gasteiger partial charge in [0.25, 0.3) is 11.5 Å². The minimum atomic E-state index is -5.34. The summed E-state index contributed by atoms with van der Waals surface area (Å²) in [6.07, 6.45) is -4.10. The fourth-order valence-corrected chi connectivity index (χ4v) is 3.12. The molecule has 2 aromatic carbocycles. The number of aryl methyl sites for hydroxylation is 1. The SMILES string of the molecule is Cc1ccc(C(O)(C(N)=O)C(F)(F)F)cc1-c1cnc(N)c(-c2ccc(B(O)O)cc2)n1. The van der Waals surface area contributed by atoms with Crippen LogP contribution in [0.4, 0.5) is 19.0 Å². The van der Waals surface area contributed by atoms with Crippen LogP contribution in [-0.4, -0.2) is 44.3 Å². The number of rotatable bonds is 5. The van der Waals surface area contributed by atoms with Crippen molar-refractivity contribution in [2.45, 2.75) is 18.7 Å². The van der Waals surface area contributed by atoms with Gasteiger partial charge in [0.1, 0.15) is 11.5 Å². The molecule has 0 aliphatic rings. The maximum absolute atomic E-state index is 13.5. The number of hydrogen-bond acceptors (Lipinski definition) is 7. The van der Waals surface area contributed by atoms with E-state index >= 15 is 0 Å². The molecule has 1 amide bonds. The molecule has 1 aromatic heterocycles. The Kier molecular flexibility index (Phi) is 5.96. The van der Waals surface area contributed by atoms with Crippen LogP contribution in [0.15, 0.2) is 48.7 Å². The molecule has 3 aromatic rings. The number of primary amides is 1. The average molecular weight is 446 g/mol. The molecule has 0 aliphatic carbocycles. The number of carbonyl (C=O) groups is 1. The second kappa shape index (κ2) is 8.22. The number of nitrogen functional groups attached to an aromatic ring is 1. The van der Waals surface area contributed by atoms with Crippen LogP contribution in [0.2, 0.25) is 0 Å². The van der Waals surface area contributed by atoms with Crippen LogP contribution >= 0.6 is 0 Å². The molecule has 0 saturated carbocycles. The Hall–Kier alpha value is -3.48. The van der Waals surface area contributed by atoms with Crippen molar-refractivity contribution in [2.75, 3.05) is 5.73 Å². The first-order chi connectivity index (χ1) is 14.9. The number of halogens is 3. The van der Waals surface area contributed by atoms with Gasteiger partial charge in [-0.1, -0.05) is 36.4 Å². The Morgan fingerprint density at radius 3 is 2.25 bits per heavy atom. The van der Waals surface area contributed by atoms with Gasteiger partial charge < -0.3 is 26.6 Å². The Bertz CT molecular complexity index is 1170. The highest BCUT2D eigenvalue weighted by Crippen LogP contribution is 2.40. The van der Waals surface area contributed by atoms with E-state index in [1.807, 2.05) is 0 Å². The quantitative estimate of drug-likeness (QED) is 0.360. The van der Waals surface area contributed by atoms with E-state index in [0.717, 1.165) is 12.1 Å². The highest BCUT2D eigenvalue weighted by Gasteiger charge is 2.60. The predicted molar refractivity (Wildman–Crippen MR) is 111 cm³/mol. The normalized spacial score (nSPS) is 13.5. The number of nitrogens with zero attached hydrogens (tertiary/aromatic N) is 2.